The maximum absolute atomic E-state index is 12.0. The lowest BCUT2D eigenvalue weighted by Gasteiger charge is -2.12. The molecular formula is C11H13N3O5S2. The fourth-order valence-corrected chi connectivity index (χ4v) is 3.92. The van der Waals surface area contributed by atoms with E-state index in [-0.39, 0.29) is 16.2 Å². The van der Waals surface area contributed by atoms with E-state index < -0.39 is 27.6 Å². The quantitative estimate of drug-likeness (QED) is 0.674. The first-order chi connectivity index (χ1) is 9.81. The van der Waals surface area contributed by atoms with Crippen molar-refractivity contribution in [2.75, 3.05) is 0 Å². The van der Waals surface area contributed by atoms with Gasteiger partial charge in [0.2, 0.25) is 0 Å². The summed E-state index contributed by atoms with van der Waals surface area (Å²) in [5, 5.41) is 13.3. The van der Waals surface area contributed by atoms with Crippen molar-refractivity contribution in [3.63, 3.8) is 0 Å². The van der Waals surface area contributed by atoms with Crippen molar-refractivity contribution in [1.82, 2.24) is 14.5 Å². The first-order valence-electron chi connectivity index (χ1n) is 5.83. The molecule has 0 aliphatic rings. The molecule has 0 saturated carbocycles. The van der Waals surface area contributed by atoms with Gasteiger partial charge in [0.05, 0.1) is 0 Å². The topological polar surface area (TPSA) is 121 Å². The highest BCUT2D eigenvalue weighted by Crippen LogP contribution is 2.16. The number of carboxylic acids is 1. The third-order valence-corrected chi connectivity index (χ3v) is 5.66. The second-order valence-electron chi connectivity index (χ2n) is 4.31. The zero-order chi connectivity index (χ0) is 15.6. The Bertz CT molecular complexity index is 788. The van der Waals surface area contributed by atoms with Gasteiger partial charge in [-0.2, -0.15) is 4.72 Å². The number of aliphatic carboxylic acids is 1. The Kier molecular flexibility index (Phi) is 4.30. The van der Waals surface area contributed by atoms with Crippen LogP contribution in [0.4, 0.5) is 0 Å². The summed E-state index contributed by atoms with van der Waals surface area (Å²) >= 11 is 0.982. The van der Waals surface area contributed by atoms with Gasteiger partial charge in [-0.1, -0.05) is 6.07 Å². The molecule has 0 aromatic carbocycles. The first kappa shape index (κ1) is 15.5. The molecule has 0 saturated heterocycles. The van der Waals surface area contributed by atoms with Crippen molar-refractivity contribution in [2.45, 2.75) is 16.7 Å². The van der Waals surface area contributed by atoms with Gasteiger partial charge in [-0.3, -0.25) is 14.3 Å². The van der Waals surface area contributed by atoms with Crippen molar-refractivity contribution < 1.29 is 18.3 Å². The maximum atomic E-state index is 12.0. The van der Waals surface area contributed by atoms with Gasteiger partial charge < -0.3 is 10.2 Å². The molecule has 2 rings (SSSR count). The molecule has 10 heteroatoms. The van der Waals surface area contributed by atoms with E-state index in [1.807, 2.05) is 0 Å². The highest BCUT2D eigenvalue weighted by atomic mass is 32.2. The van der Waals surface area contributed by atoms with Crippen LogP contribution >= 0.6 is 11.3 Å². The van der Waals surface area contributed by atoms with Crippen LogP contribution in [0.25, 0.3) is 0 Å². The number of sulfonamides is 1. The number of thiophene rings is 1. The third-order valence-electron chi connectivity index (χ3n) is 2.79. The predicted octanol–water partition coefficient (Wildman–Crippen LogP) is -0.251. The Hall–Kier alpha value is -1.91. The highest BCUT2D eigenvalue weighted by Gasteiger charge is 2.27. The standard InChI is InChI=1S/C11H13N3O5S2/c1-14-10(15)7(6-12-14)5-8(11(16)17)13-21(18,19)9-3-2-4-20-9/h2-4,6,8,12-13H,5H2,1H3,(H,16,17)/t8-/m1/s1. The second-order valence-corrected chi connectivity index (χ2v) is 7.20. The third kappa shape index (κ3) is 3.40. The molecule has 114 valence electrons. The van der Waals surface area contributed by atoms with Gasteiger partial charge in [-0.05, 0) is 11.4 Å². The summed E-state index contributed by atoms with van der Waals surface area (Å²) in [4.78, 5) is 22.9. The van der Waals surface area contributed by atoms with Crippen LogP contribution < -0.4 is 10.3 Å². The number of aromatic amines is 1. The number of aryl methyl sites for hydroxylation is 1. The van der Waals surface area contributed by atoms with Crippen LogP contribution in [0, 0.1) is 0 Å². The van der Waals surface area contributed by atoms with Crippen LogP contribution in [0.1, 0.15) is 5.56 Å². The molecule has 2 aromatic heterocycles. The van der Waals surface area contributed by atoms with Crippen LogP contribution in [0.2, 0.25) is 0 Å². The van der Waals surface area contributed by atoms with Crippen molar-refractivity contribution >= 4 is 27.3 Å². The molecule has 8 nitrogen and oxygen atoms in total. The molecule has 2 heterocycles. The fourth-order valence-electron chi connectivity index (χ4n) is 1.72. The molecule has 0 amide bonds. The lowest BCUT2D eigenvalue weighted by Crippen LogP contribution is -2.42. The van der Waals surface area contributed by atoms with E-state index in [0.717, 1.165) is 11.3 Å². The molecule has 0 fully saturated rings. The molecule has 0 bridgehead atoms. The van der Waals surface area contributed by atoms with Crippen LogP contribution in [0.15, 0.2) is 32.7 Å². The minimum atomic E-state index is -3.92. The lowest BCUT2D eigenvalue weighted by molar-refractivity contribution is -0.138. The number of hydrogen-bond acceptors (Lipinski definition) is 5. The molecule has 0 aliphatic heterocycles. The van der Waals surface area contributed by atoms with Gasteiger partial charge in [0.1, 0.15) is 10.3 Å². The van der Waals surface area contributed by atoms with Crippen molar-refractivity contribution in [3.05, 3.63) is 39.6 Å². The van der Waals surface area contributed by atoms with Crippen molar-refractivity contribution in [1.29, 1.82) is 0 Å². The van der Waals surface area contributed by atoms with Crippen molar-refractivity contribution in [3.8, 4) is 0 Å². The van der Waals surface area contributed by atoms with E-state index >= 15 is 0 Å². The van der Waals surface area contributed by atoms with Gasteiger partial charge in [0.25, 0.3) is 15.6 Å². The molecule has 0 spiro atoms. The normalized spacial score (nSPS) is 13.2. The average Bonchev–Trinajstić information content (AvgIpc) is 3.03. The van der Waals surface area contributed by atoms with Gasteiger partial charge in [-0.15, -0.1) is 11.3 Å². The maximum Gasteiger partial charge on any atom is 0.322 e. The molecule has 0 aliphatic carbocycles. The molecule has 2 aromatic rings. The van der Waals surface area contributed by atoms with Crippen LogP contribution in [-0.2, 0) is 28.3 Å². The number of aromatic nitrogens is 2. The minimum Gasteiger partial charge on any atom is -0.480 e. The van der Waals surface area contributed by atoms with Gasteiger partial charge in [0.15, 0.2) is 0 Å². The minimum absolute atomic E-state index is 0.0238. The van der Waals surface area contributed by atoms with Gasteiger partial charge in [0, 0.05) is 25.2 Å². The van der Waals surface area contributed by atoms with E-state index in [1.54, 1.807) is 11.4 Å². The molecule has 1 atom stereocenters. The summed E-state index contributed by atoms with van der Waals surface area (Å²) in [6.45, 7) is 0. The second kappa shape index (κ2) is 5.84. The van der Waals surface area contributed by atoms with E-state index in [1.165, 1.54) is 24.0 Å². The fraction of sp³-hybridized carbons (Fsp3) is 0.273. The number of nitrogens with one attached hydrogen (secondary N) is 2. The van der Waals surface area contributed by atoms with Crippen LogP contribution in [-0.4, -0.2) is 35.3 Å². The van der Waals surface area contributed by atoms with Gasteiger partial charge in [-0.25, -0.2) is 8.42 Å². The first-order valence-corrected chi connectivity index (χ1v) is 8.19. The SMILES string of the molecule is Cn1[nH]cc(C[C@@H](NS(=O)(=O)c2cccs2)C(=O)O)c1=O. The predicted molar refractivity (Wildman–Crippen MR) is 75.8 cm³/mol. The number of rotatable bonds is 6. The molecular weight excluding hydrogens is 318 g/mol. The van der Waals surface area contributed by atoms with E-state index in [9.17, 15) is 18.0 Å². The van der Waals surface area contributed by atoms with E-state index in [2.05, 4.69) is 9.82 Å². The zero-order valence-electron chi connectivity index (χ0n) is 10.9. The lowest BCUT2D eigenvalue weighted by atomic mass is 10.1. The summed E-state index contributed by atoms with van der Waals surface area (Å²) in [6.07, 6.45) is 1.12. The number of H-pyrrole nitrogens is 1. The van der Waals surface area contributed by atoms with E-state index in [0.29, 0.717) is 0 Å². The number of hydrogen-bond donors (Lipinski definition) is 3. The summed E-state index contributed by atoms with van der Waals surface area (Å²) in [5.74, 6) is -1.35. The Morgan fingerprint density at radius 3 is 2.76 bits per heavy atom. The molecule has 0 radical (unpaired) electrons. The monoisotopic (exact) mass is 331 g/mol. The van der Waals surface area contributed by atoms with E-state index in [4.69, 9.17) is 5.11 Å². The largest absolute Gasteiger partial charge is 0.480 e. The Morgan fingerprint density at radius 1 is 1.57 bits per heavy atom. The summed E-state index contributed by atoms with van der Waals surface area (Å²) in [6, 6.07) is 1.51. The summed E-state index contributed by atoms with van der Waals surface area (Å²) < 4.78 is 27.4. The molecule has 3 N–H and O–H groups in total. The number of carboxylic acid groups (broad SMARTS) is 1. The van der Waals surface area contributed by atoms with Gasteiger partial charge >= 0.3 is 5.97 Å². The summed E-state index contributed by atoms with van der Waals surface area (Å²) in [7, 11) is -2.44. The summed E-state index contributed by atoms with van der Waals surface area (Å²) in [5.41, 5.74) is -0.199. The molecule has 21 heavy (non-hydrogen) atoms. The average molecular weight is 331 g/mol. The van der Waals surface area contributed by atoms with Crippen LogP contribution in [0.3, 0.4) is 0 Å². The smallest absolute Gasteiger partial charge is 0.322 e. The number of nitrogens with zero attached hydrogens (tertiary/aromatic N) is 1. The highest BCUT2D eigenvalue weighted by molar-refractivity contribution is 7.91. The number of carbonyl (C=O) groups is 1. The Labute approximate surface area is 124 Å². The zero-order valence-corrected chi connectivity index (χ0v) is 12.6. The van der Waals surface area contributed by atoms with Crippen molar-refractivity contribution in [2.24, 2.45) is 7.05 Å². The Morgan fingerprint density at radius 2 is 2.29 bits per heavy atom. The van der Waals surface area contributed by atoms with Crippen LogP contribution in [0.5, 0.6) is 0 Å². The Balaban J connectivity index is 2.23. The molecule has 0 unspecified atom stereocenters.